The minimum absolute atomic E-state index is 0.153. The van der Waals surface area contributed by atoms with Crippen LogP contribution in [0.3, 0.4) is 0 Å². The summed E-state index contributed by atoms with van der Waals surface area (Å²) in [5.74, 6) is 2.15. The van der Waals surface area contributed by atoms with Gasteiger partial charge in [-0.1, -0.05) is 30.0 Å². The molecule has 19 heavy (non-hydrogen) atoms. The number of hydrogen-bond donors (Lipinski definition) is 0. The average molecular weight is 273 g/mol. The van der Waals surface area contributed by atoms with Crippen molar-refractivity contribution in [2.24, 2.45) is 0 Å². The minimum atomic E-state index is 0.153. The number of rotatable bonds is 5. The third kappa shape index (κ3) is 2.71. The molecule has 1 saturated carbocycles. The van der Waals surface area contributed by atoms with Crippen LogP contribution in [-0.2, 0) is 4.79 Å². The van der Waals surface area contributed by atoms with Gasteiger partial charge in [0.15, 0.2) is 5.16 Å². The summed E-state index contributed by atoms with van der Waals surface area (Å²) >= 11 is 1.46. The van der Waals surface area contributed by atoms with E-state index in [1.54, 1.807) is 6.92 Å². The van der Waals surface area contributed by atoms with Crippen molar-refractivity contribution < 1.29 is 4.79 Å². The van der Waals surface area contributed by atoms with E-state index >= 15 is 0 Å². The Balaban J connectivity index is 1.98. The van der Waals surface area contributed by atoms with Crippen LogP contribution in [-0.4, -0.2) is 26.3 Å². The molecule has 0 unspecified atom stereocenters. The van der Waals surface area contributed by atoms with Crippen LogP contribution in [0.2, 0.25) is 0 Å². The van der Waals surface area contributed by atoms with E-state index < -0.39 is 0 Å². The van der Waals surface area contributed by atoms with Crippen LogP contribution in [0.15, 0.2) is 35.5 Å². The van der Waals surface area contributed by atoms with Gasteiger partial charge in [0.1, 0.15) is 11.6 Å². The number of hydrogen-bond acceptors (Lipinski definition) is 4. The van der Waals surface area contributed by atoms with Crippen LogP contribution in [0.4, 0.5) is 0 Å². The highest BCUT2D eigenvalue weighted by Crippen LogP contribution is 2.41. The SMILES string of the molecule is CC(=O)CSc1nnc(C2CC2)n1-c1ccccc1. The van der Waals surface area contributed by atoms with E-state index in [0.29, 0.717) is 11.7 Å². The fraction of sp³-hybridized carbons (Fsp3) is 0.357. The molecule has 1 heterocycles. The standard InChI is InChI=1S/C14H15N3OS/c1-10(18)9-19-14-16-15-13(11-7-8-11)17(14)12-5-3-2-4-6-12/h2-6,11H,7-9H2,1H3. The zero-order chi connectivity index (χ0) is 13.2. The van der Waals surface area contributed by atoms with Crippen LogP contribution in [0, 0.1) is 0 Å². The minimum Gasteiger partial charge on any atom is -0.299 e. The van der Waals surface area contributed by atoms with Gasteiger partial charge < -0.3 is 0 Å². The third-order valence-electron chi connectivity index (χ3n) is 3.02. The second-order valence-corrected chi connectivity index (χ2v) is 5.72. The quantitative estimate of drug-likeness (QED) is 0.786. The fourth-order valence-electron chi connectivity index (χ4n) is 1.97. The highest BCUT2D eigenvalue weighted by atomic mass is 32.2. The van der Waals surface area contributed by atoms with Crippen LogP contribution in [0.5, 0.6) is 0 Å². The molecule has 3 rings (SSSR count). The van der Waals surface area contributed by atoms with Crippen LogP contribution < -0.4 is 0 Å². The molecule has 1 aliphatic rings. The molecular formula is C14H15N3OS. The first kappa shape index (κ1) is 12.4. The van der Waals surface area contributed by atoms with Crippen molar-refractivity contribution in [3.05, 3.63) is 36.2 Å². The Bertz CT molecular complexity index is 590. The number of ketones is 1. The van der Waals surface area contributed by atoms with Gasteiger partial charge in [0.05, 0.1) is 5.75 Å². The molecule has 1 aromatic carbocycles. The molecule has 0 bridgehead atoms. The number of carbonyl (C=O) groups is 1. The van der Waals surface area contributed by atoms with Gasteiger partial charge in [-0.05, 0) is 31.9 Å². The molecule has 0 radical (unpaired) electrons. The molecule has 0 saturated heterocycles. The maximum atomic E-state index is 11.1. The van der Waals surface area contributed by atoms with Crippen molar-refractivity contribution in [3.8, 4) is 5.69 Å². The fourth-order valence-corrected chi connectivity index (χ4v) is 2.73. The second kappa shape index (κ2) is 5.17. The number of Topliss-reactive ketones (excluding diaryl/α,β-unsaturated/α-hetero) is 1. The molecule has 1 fully saturated rings. The summed E-state index contributed by atoms with van der Waals surface area (Å²) in [6.07, 6.45) is 2.37. The normalized spacial score (nSPS) is 14.6. The Morgan fingerprint density at radius 3 is 2.68 bits per heavy atom. The zero-order valence-corrected chi connectivity index (χ0v) is 11.6. The van der Waals surface area contributed by atoms with Gasteiger partial charge in [-0.25, -0.2) is 0 Å². The van der Waals surface area contributed by atoms with Gasteiger partial charge in [0, 0.05) is 11.6 Å². The predicted octanol–water partition coefficient (Wildman–Crippen LogP) is 2.83. The van der Waals surface area contributed by atoms with E-state index in [4.69, 9.17) is 0 Å². The lowest BCUT2D eigenvalue weighted by Gasteiger charge is -2.08. The summed E-state index contributed by atoms with van der Waals surface area (Å²) in [5.41, 5.74) is 1.07. The van der Waals surface area contributed by atoms with Crippen molar-refractivity contribution in [1.82, 2.24) is 14.8 Å². The maximum absolute atomic E-state index is 11.1. The first-order valence-corrected chi connectivity index (χ1v) is 7.37. The molecule has 98 valence electrons. The van der Waals surface area contributed by atoms with Crippen LogP contribution in [0.1, 0.15) is 31.5 Å². The van der Waals surface area contributed by atoms with E-state index in [9.17, 15) is 4.79 Å². The summed E-state index contributed by atoms with van der Waals surface area (Å²) in [4.78, 5) is 11.1. The van der Waals surface area contributed by atoms with E-state index in [-0.39, 0.29) is 5.78 Å². The number of thioether (sulfide) groups is 1. The van der Waals surface area contributed by atoms with E-state index in [0.717, 1.165) is 16.7 Å². The maximum Gasteiger partial charge on any atom is 0.196 e. The third-order valence-corrected chi connectivity index (χ3v) is 4.09. The predicted molar refractivity (Wildman–Crippen MR) is 74.7 cm³/mol. The van der Waals surface area contributed by atoms with Crippen molar-refractivity contribution in [2.45, 2.75) is 30.8 Å². The molecule has 0 aliphatic heterocycles. The van der Waals surface area contributed by atoms with E-state index in [1.165, 1.54) is 24.6 Å². The van der Waals surface area contributed by atoms with Gasteiger partial charge in [-0.3, -0.25) is 9.36 Å². The number of carbonyl (C=O) groups excluding carboxylic acids is 1. The van der Waals surface area contributed by atoms with E-state index in [2.05, 4.69) is 14.8 Å². The number of para-hydroxylation sites is 1. The molecule has 2 aromatic rings. The molecule has 4 nitrogen and oxygen atoms in total. The van der Waals surface area contributed by atoms with Crippen molar-refractivity contribution in [3.63, 3.8) is 0 Å². The summed E-state index contributed by atoms with van der Waals surface area (Å²) < 4.78 is 2.09. The van der Waals surface area contributed by atoms with Gasteiger partial charge in [0.2, 0.25) is 0 Å². The monoisotopic (exact) mass is 273 g/mol. The Morgan fingerprint density at radius 2 is 2.05 bits per heavy atom. The summed E-state index contributed by atoms with van der Waals surface area (Å²) in [6, 6.07) is 10.1. The largest absolute Gasteiger partial charge is 0.299 e. The Morgan fingerprint density at radius 1 is 1.32 bits per heavy atom. The molecule has 0 N–H and O–H groups in total. The highest BCUT2D eigenvalue weighted by molar-refractivity contribution is 7.99. The van der Waals surface area contributed by atoms with Crippen LogP contribution in [0.25, 0.3) is 5.69 Å². The van der Waals surface area contributed by atoms with Crippen molar-refractivity contribution in [1.29, 1.82) is 0 Å². The first-order chi connectivity index (χ1) is 9.25. The van der Waals surface area contributed by atoms with Gasteiger partial charge in [-0.15, -0.1) is 10.2 Å². The Hall–Kier alpha value is -1.62. The van der Waals surface area contributed by atoms with Crippen molar-refractivity contribution >= 4 is 17.5 Å². The lowest BCUT2D eigenvalue weighted by Crippen LogP contribution is -2.03. The van der Waals surface area contributed by atoms with Crippen LogP contribution >= 0.6 is 11.8 Å². The number of benzene rings is 1. The number of aromatic nitrogens is 3. The first-order valence-electron chi connectivity index (χ1n) is 6.38. The lowest BCUT2D eigenvalue weighted by atomic mass is 10.3. The summed E-state index contributed by atoms with van der Waals surface area (Å²) in [5, 5.41) is 9.37. The smallest absolute Gasteiger partial charge is 0.196 e. The lowest BCUT2D eigenvalue weighted by molar-refractivity contribution is -0.114. The molecule has 1 aliphatic carbocycles. The molecule has 0 amide bonds. The Labute approximate surface area is 116 Å². The van der Waals surface area contributed by atoms with E-state index in [1.807, 2.05) is 30.3 Å². The summed E-state index contributed by atoms with van der Waals surface area (Å²) in [6.45, 7) is 1.60. The van der Waals surface area contributed by atoms with Gasteiger partial charge in [0.25, 0.3) is 0 Å². The summed E-state index contributed by atoms with van der Waals surface area (Å²) in [7, 11) is 0. The molecule has 5 heteroatoms. The number of nitrogens with zero attached hydrogens (tertiary/aromatic N) is 3. The molecule has 0 spiro atoms. The highest BCUT2D eigenvalue weighted by Gasteiger charge is 2.30. The molecular weight excluding hydrogens is 258 g/mol. The zero-order valence-electron chi connectivity index (χ0n) is 10.7. The molecule has 1 aromatic heterocycles. The van der Waals surface area contributed by atoms with Crippen molar-refractivity contribution in [2.75, 3.05) is 5.75 Å². The molecule has 0 atom stereocenters. The average Bonchev–Trinajstić information content (AvgIpc) is 3.17. The second-order valence-electron chi connectivity index (χ2n) is 4.78. The van der Waals surface area contributed by atoms with Gasteiger partial charge >= 0.3 is 0 Å². The van der Waals surface area contributed by atoms with Gasteiger partial charge in [-0.2, -0.15) is 0 Å². The Kier molecular flexibility index (Phi) is 3.38. The topological polar surface area (TPSA) is 47.8 Å².